The van der Waals surface area contributed by atoms with E-state index in [-0.39, 0.29) is 22.5 Å². The molecule has 5 nitrogen and oxygen atoms in total. The molecule has 0 bridgehead atoms. The van der Waals surface area contributed by atoms with Gasteiger partial charge >= 0.3 is 0 Å². The Kier molecular flexibility index (Phi) is 5.61. The van der Waals surface area contributed by atoms with Crippen LogP contribution in [-0.4, -0.2) is 24.6 Å². The Balaban J connectivity index is 2.86. The summed E-state index contributed by atoms with van der Waals surface area (Å²) in [7, 11) is -3.33. The number of sulfone groups is 1. The number of anilines is 2. The Labute approximate surface area is 119 Å². The zero-order valence-corrected chi connectivity index (χ0v) is 13.6. The molecule has 0 aliphatic heterocycles. The van der Waals surface area contributed by atoms with E-state index < -0.39 is 9.84 Å². The summed E-state index contributed by atoms with van der Waals surface area (Å²) in [6.07, 6.45) is 2.08. The standard InChI is InChI=1S/C12H23N3O2S2/c1-5-19(16,17)10-11(13)15-18-12(10)14-9(4)7-6-8(2)3/h8-9,14H,5-7H2,1-4H3,(H2,13,15). The molecule has 0 radical (unpaired) electrons. The van der Waals surface area contributed by atoms with Gasteiger partial charge < -0.3 is 11.1 Å². The molecule has 110 valence electrons. The molecule has 1 aromatic heterocycles. The van der Waals surface area contributed by atoms with Gasteiger partial charge in [0.05, 0.1) is 5.75 Å². The third-order valence-electron chi connectivity index (χ3n) is 2.92. The van der Waals surface area contributed by atoms with Gasteiger partial charge in [0.2, 0.25) is 0 Å². The van der Waals surface area contributed by atoms with Crippen LogP contribution in [0.15, 0.2) is 4.90 Å². The van der Waals surface area contributed by atoms with Crippen LogP contribution in [0.5, 0.6) is 0 Å². The van der Waals surface area contributed by atoms with Crippen molar-refractivity contribution in [1.82, 2.24) is 4.37 Å². The molecule has 0 aliphatic rings. The molecule has 1 aromatic rings. The minimum atomic E-state index is -3.33. The lowest BCUT2D eigenvalue weighted by Gasteiger charge is -2.15. The molecule has 0 amide bonds. The van der Waals surface area contributed by atoms with Crippen molar-refractivity contribution in [2.75, 3.05) is 16.8 Å². The van der Waals surface area contributed by atoms with E-state index in [9.17, 15) is 8.42 Å². The van der Waals surface area contributed by atoms with Crippen molar-refractivity contribution in [3.05, 3.63) is 0 Å². The molecule has 1 unspecified atom stereocenters. The molecular weight excluding hydrogens is 282 g/mol. The fourth-order valence-electron chi connectivity index (χ4n) is 1.71. The molecule has 1 rings (SSSR count). The van der Waals surface area contributed by atoms with Gasteiger partial charge in [0.25, 0.3) is 0 Å². The number of nitrogens with two attached hydrogens (primary N) is 1. The Bertz CT molecular complexity index is 509. The molecule has 0 spiro atoms. The lowest BCUT2D eigenvalue weighted by Crippen LogP contribution is -2.17. The summed E-state index contributed by atoms with van der Waals surface area (Å²) in [6.45, 7) is 7.99. The number of hydrogen-bond acceptors (Lipinski definition) is 6. The van der Waals surface area contributed by atoms with E-state index in [2.05, 4.69) is 23.5 Å². The van der Waals surface area contributed by atoms with Gasteiger partial charge in [-0.3, -0.25) is 0 Å². The summed E-state index contributed by atoms with van der Waals surface area (Å²) in [5.74, 6) is 0.769. The predicted octanol–water partition coefficient (Wildman–Crippen LogP) is 2.76. The van der Waals surface area contributed by atoms with Crippen LogP contribution in [0.1, 0.15) is 40.5 Å². The van der Waals surface area contributed by atoms with Crippen molar-refractivity contribution in [3.63, 3.8) is 0 Å². The van der Waals surface area contributed by atoms with E-state index in [0.29, 0.717) is 10.9 Å². The van der Waals surface area contributed by atoms with Crippen LogP contribution in [0, 0.1) is 5.92 Å². The highest BCUT2D eigenvalue weighted by molar-refractivity contribution is 7.91. The van der Waals surface area contributed by atoms with Gasteiger partial charge in [0, 0.05) is 6.04 Å². The van der Waals surface area contributed by atoms with E-state index in [0.717, 1.165) is 24.4 Å². The van der Waals surface area contributed by atoms with E-state index >= 15 is 0 Å². The average molecular weight is 305 g/mol. The molecule has 1 heterocycles. The van der Waals surface area contributed by atoms with Gasteiger partial charge in [-0.25, -0.2) is 8.42 Å². The van der Waals surface area contributed by atoms with Gasteiger partial charge in [-0.05, 0) is 37.2 Å². The smallest absolute Gasteiger partial charge is 0.184 e. The number of rotatable bonds is 7. The predicted molar refractivity (Wildman–Crippen MR) is 81.4 cm³/mol. The van der Waals surface area contributed by atoms with Crippen LogP contribution in [0.2, 0.25) is 0 Å². The van der Waals surface area contributed by atoms with Crippen LogP contribution in [0.3, 0.4) is 0 Å². The first-order valence-electron chi connectivity index (χ1n) is 6.52. The maximum atomic E-state index is 12.0. The molecule has 0 aromatic carbocycles. The highest BCUT2D eigenvalue weighted by Gasteiger charge is 2.24. The van der Waals surface area contributed by atoms with Crippen LogP contribution < -0.4 is 11.1 Å². The van der Waals surface area contributed by atoms with Crippen LogP contribution in [0.25, 0.3) is 0 Å². The zero-order valence-electron chi connectivity index (χ0n) is 11.9. The molecule has 0 aliphatic carbocycles. The van der Waals surface area contributed by atoms with Crippen LogP contribution >= 0.6 is 11.5 Å². The van der Waals surface area contributed by atoms with Gasteiger partial charge in [0.1, 0.15) is 9.90 Å². The zero-order chi connectivity index (χ0) is 14.6. The topological polar surface area (TPSA) is 85.1 Å². The van der Waals surface area contributed by atoms with Crippen LogP contribution in [0.4, 0.5) is 10.8 Å². The maximum absolute atomic E-state index is 12.0. The summed E-state index contributed by atoms with van der Waals surface area (Å²) in [6, 6.07) is 0.202. The third kappa shape index (κ3) is 4.35. The summed E-state index contributed by atoms with van der Waals surface area (Å²) in [4.78, 5) is 0.163. The lowest BCUT2D eigenvalue weighted by molar-refractivity contribution is 0.527. The molecule has 3 N–H and O–H groups in total. The van der Waals surface area contributed by atoms with E-state index in [1.54, 1.807) is 6.92 Å². The molecule has 7 heteroatoms. The van der Waals surface area contributed by atoms with E-state index in [1.165, 1.54) is 0 Å². The second kappa shape index (κ2) is 6.56. The van der Waals surface area contributed by atoms with Gasteiger partial charge in [-0.2, -0.15) is 4.37 Å². The highest BCUT2D eigenvalue weighted by Crippen LogP contribution is 2.33. The molecule has 0 saturated carbocycles. The summed E-state index contributed by atoms with van der Waals surface area (Å²) >= 11 is 1.12. The van der Waals surface area contributed by atoms with Crippen molar-refractivity contribution in [1.29, 1.82) is 0 Å². The number of aromatic nitrogens is 1. The summed E-state index contributed by atoms with van der Waals surface area (Å²) in [5, 5.41) is 3.79. The Morgan fingerprint density at radius 1 is 1.32 bits per heavy atom. The summed E-state index contributed by atoms with van der Waals surface area (Å²) < 4.78 is 28.0. The first-order valence-corrected chi connectivity index (χ1v) is 8.95. The van der Waals surface area contributed by atoms with Crippen LogP contribution in [-0.2, 0) is 9.84 Å². The van der Waals surface area contributed by atoms with Crippen molar-refractivity contribution in [2.45, 2.75) is 51.5 Å². The molecule has 1 atom stereocenters. The average Bonchev–Trinajstić information content (AvgIpc) is 2.68. The highest BCUT2D eigenvalue weighted by atomic mass is 32.2. The fraction of sp³-hybridized carbons (Fsp3) is 0.750. The molecule has 0 fully saturated rings. The first-order chi connectivity index (χ1) is 8.77. The summed E-state index contributed by atoms with van der Waals surface area (Å²) in [5.41, 5.74) is 5.68. The van der Waals surface area contributed by atoms with Crippen molar-refractivity contribution >= 4 is 32.2 Å². The Morgan fingerprint density at radius 2 is 1.95 bits per heavy atom. The fourth-order valence-corrected chi connectivity index (χ4v) is 3.98. The monoisotopic (exact) mass is 305 g/mol. The minimum absolute atomic E-state index is 0.0324. The largest absolute Gasteiger partial charge is 0.382 e. The van der Waals surface area contributed by atoms with Crippen molar-refractivity contribution in [3.8, 4) is 0 Å². The van der Waals surface area contributed by atoms with Gasteiger partial charge in [-0.15, -0.1) is 0 Å². The Morgan fingerprint density at radius 3 is 2.47 bits per heavy atom. The molecular formula is C12H23N3O2S2. The van der Waals surface area contributed by atoms with Gasteiger partial charge in [-0.1, -0.05) is 20.8 Å². The number of hydrogen-bond donors (Lipinski definition) is 2. The number of nitrogens with one attached hydrogen (secondary N) is 1. The second-order valence-corrected chi connectivity index (χ2v) is 8.13. The van der Waals surface area contributed by atoms with E-state index in [1.807, 2.05) is 6.92 Å². The number of nitrogen functional groups attached to an aromatic ring is 1. The Hall–Kier alpha value is -0.820. The van der Waals surface area contributed by atoms with Crippen molar-refractivity contribution < 1.29 is 8.42 Å². The lowest BCUT2D eigenvalue weighted by atomic mass is 10.0. The van der Waals surface area contributed by atoms with E-state index in [4.69, 9.17) is 5.73 Å². The molecule has 0 saturated heterocycles. The molecule has 19 heavy (non-hydrogen) atoms. The second-order valence-electron chi connectivity index (χ2n) is 5.15. The van der Waals surface area contributed by atoms with Gasteiger partial charge in [0.15, 0.2) is 15.7 Å². The quantitative estimate of drug-likeness (QED) is 0.809. The third-order valence-corrected chi connectivity index (χ3v) is 5.64. The number of nitrogens with zero attached hydrogens (tertiary/aromatic N) is 1. The van der Waals surface area contributed by atoms with Crippen molar-refractivity contribution in [2.24, 2.45) is 5.92 Å². The maximum Gasteiger partial charge on any atom is 0.184 e. The minimum Gasteiger partial charge on any atom is -0.382 e. The first kappa shape index (κ1) is 16.2. The normalized spacial score (nSPS) is 13.7. The SMILES string of the molecule is CCS(=O)(=O)c1c(N)nsc1NC(C)CCC(C)C.